The molecule has 2 aromatic rings. The number of fused-ring (bicyclic) bond motifs is 3. The molecule has 7 heteroatoms. The minimum atomic E-state index is -0.609. The fourth-order valence-corrected chi connectivity index (χ4v) is 4.05. The monoisotopic (exact) mass is 478 g/mol. The number of rotatable bonds is 11. The fraction of sp³-hybridized carbons (Fsp3) is 0.429. The van der Waals surface area contributed by atoms with Crippen molar-refractivity contribution in [2.45, 2.75) is 40.0 Å². The van der Waals surface area contributed by atoms with Crippen LogP contribution in [0, 0.1) is 11.8 Å². The van der Waals surface area contributed by atoms with Crippen LogP contribution in [0.3, 0.4) is 0 Å². The highest BCUT2D eigenvalue weighted by molar-refractivity contribution is 5.91. The van der Waals surface area contributed by atoms with E-state index in [4.69, 9.17) is 4.74 Å². The smallest absolute Gasteiger partial charge is 0.407 e. The molecule has 35 heavy (non-hydrogen) atoms. The Balaban J connectivity index is 1.52. The Kier molecular flexibility index (Phi) is 8.79. The number of carbonyl (C=O) groups is 4. The van der Waals surface area contributed by atoms with Crippen LogP contribution in [-0.2, 0) is 19.1 Å². The van der Waals surface area contributed by atoms with Crippen molar-refractivity contribution in [1.29, 1.82) is 0 Å². The molecule has 0 heterocycles. The SMILES string of the molecule is CC(C)C(=O)CN(CC(=O)C(C)C)C(=O)CCNC(=O)OCC1c2ccccc2-c2ccccc21. The van der Waals surface area contributed by atoms with Crippen molar-refractivity contribution in [3.05, 3.63) is 59.7 Å². The number of Topliss-reactive ketones (excluding diaryl/α,β-unsaturated/α-hetero) is 2. The summed E-state index contributed by atoms with van der Waals surface area (Å²) in [4.78, 5) is 50.7. The van der Waals surface area contributed by atoms with Gasteiger partial charge in [-0.1, -0.05) is 76.2 Å². The molecule has 0 saturated heterocycles. The lowest BCUT2D eigenvalue weighted by Gasteiger charge is -2.23. The van der Waals surface area contributed by atoms with Gasteiger partial charge in [0.2, 0.25) is 5.91 Å². The number of alkyl carbamates (subject to hydrolysis) is 1. The van der Waals surface area contributed by atoms with E-state index in [0.717, 1.165) is 22.3 Å². The summed E-state index contributed by atoms with van der Waals surface area (Å²) in [6.45, 7) is 7.05. The first-order valence-electron chi connectivity index (χ1n) is 12.1. The molecule has 0 atom stereocenters. The van der Waals surface area contributed by atoms with Crippen molar-refractivity contribution in [3.8, 4) is 11.1 Å². The third-order valence-corrected chi connectivity index (χ3v) is 6.29. The van der Waals surface area contributed by atoms with Gasteiger partial charge >= 0.3 is 6.09 Å². The van der Waals surface area contributed by atoms with Crippen LogP contribution in [0.25, 0.3) is 11.1 Å². The van der Waals surface area contributed by atoms with Crippen molar-refractivity contribution in [3.63, 3.8) is 0 Å². The van der Waals surface area contributed by atoms with Crippen molar-refractivity contribution in [1.82, 2.24) is 10.2 Å². The molecule has 0 aromatic heterocycles. The van der Waals surface area contributed by atoms with E-state index >= 15 is 0 Å². The molecule has 2 aromatic carbocycles. The molecule has 0 spiro atoms. The number of ketones is 2. The molecular weight excluding hydrogens is 444 g/mol. The second-order valence-corrected chi connectivity index (χ2v) is 9.49. The Morgan fingerprint density at radius 1 is 0.829 bits per heavy atom. The van der Waals surface area contributed by atoms with Gasteiger partial charge in [-0.2, -0.15) is 0 Å². The normalized spacial score (nSPS) is 12.3. The van der Waals surface area contributed by atoms with Gasteiger partial charge < -0.3 is 15.0 Å². The zero-order valence-electron chi connectivity index (χ0n) is 20.9. The minimum Gasteiger partial charge on any atom is -0.449 e. The van der Waals surface area contributed by atoms with Crippen molar-refractivity contribution >= 4 is 23.6 Å². The summed E-state index contributed by atoms with van der Waals surface area (Å²) in [6, 6.07) is 16.2. The summed E-state index contributed by atoms with van der Waals surface area (Å²) in [5.74, 6) is -1.10. The molecule has 0 unspecified atom stereocenters. The molecule has 1 N–H and O–H groups in total. The van der Waals surface area contributed by atoms with Crippen molar-refractivity contribution < 1.29 is 23.9 Å². The average Bonchev–Trinajstić information content (AvgIpc) is 3.15. The summed E-state index contributed by atoms with van der Waals surface area (Å²) >= 11 is 0. The number of nitrogens with zero attached hydrogens (tertiary/aromatic N) is 1. The zero-order chi connectivity index (χ0) is 25.5. The van der Waals surface area contributed by atoms with Crippen LogP contribution in [-0.4, -0.2) is 54.7 Å². The highest BCUT2D eigenvalue weighted by Gasteiger charge is 2.29. The maximum absolute atomic E-state index is 12.7. The van der Waals surface area contributed by atoms with E-state index in [0.29, 0.717) is 0 Å². The van der Waals surface area contributed by atoms with Crippen LogP contribution in [0.4, 0.5) is 4.79 Å². The number of benzene rings is 2. The first kappa shape index (κ1) is 26.1. The van der Waals surface area contributed by atoms with Crippen LogP contribution >= 0.6 is 0 Å². The topological polar surface area (TPSA) is 92.8 Å². The van der Waals surface area contributed by atoms with Gasteiger partial charge in [-0.25, -0.2) is 4.79 Å². The van der Waals surface area contributed by atoms with Crippen molar-refractivity contribution in [2.24, 2.45) is 11.8 Å². The zero-order valence-corrected chi connectivity index (χ0v) is 20.9. The van der Waals surface area contributed by atoms with Gasteiger partial charge in [0.1, 0.15) is 6.61 Å². The van der Waals surface area contributed by atoms with E-state index in [2.05, 4.69) is 17.4 Å². The minimum absolute atomic E-state index is 0.0268. The Bertz CT molecular complexity index is 1020. The molecule has 2 amide bonds. The predicted octanol–water partition coefficient (Wildman–Crippen LogP) is 4.19. The largest absolute Gasteiger partial charge is 0.449 e. The number of amides is 2. The standard InChI is InChI=1S/C28H34N2O5/c1-18(2)25(31)15-30(16-26(32)19(3)4)27(33)13-14-29-28(34)35-17-24-22-11-7-5-9-20(22)21-10-6-8-12-23(21)24/h5-12,18-19,24H,13-17H2,1-4H3,(H,29,34). The van der Waals surface area contributed by atoms with Gasteiger partial charge in [-0.3, -0.25) is 14.4 Å². The van der Waals surface area contributed by atoms with Crippen molar-refractivity contribution in [2.75, 3.05) is 26.2 Å². The van der Waals surface area contributed by atoms with E-state index in [9.17, 15) is 19.2 Å². The highest BCUT2D eigenvalue weighted by Crippen LogP contribution is 2.44. The molecule has 0 bridgehead atoms. The van der Waals surface area contributed by atoms with E-state index in [1.807, 2.05) is 36.4 Å². The maximum Gasteiger partial charge on any atom is 0.407 e. The Morgan fingerprint density at radius 3 is 1.80 bits per heavy atom. The Morgan fingerprint density at radius 2 is 1.31 bits per heavy atom. The van der Waals surface area contributed by atoms with Gasteiger partial charge in [-0.05, 0) is 22.3 Å². The van der Waals surface area contributed by atoms with E-state index in [1.54, 1.807) is 27.7 Å². The first-order valence-corrected chi connectivity index (χ1v) is 12.1. The first-order chi connectivity index (χ1) is 16.7. The van der Waals surface area contributed by atoms with Gasteiger partial charge in [-0.15, -0.1) is 0 Å². The number of hydrogen-bond donors (Lipinski definition) is 1. The highest BCUT2D eigenvalue weighted by atomic mass is 16.5. The average molecular weight is 479 g/mol. The second kappa shape index (κ2) is 11.8. The molecule has 3 rings (SSSR count). The predicted molar refractivity (Wildman–Crippen MR) is 134 cm³/mol. The lowest BCUT2D eigenvalue weighted by atomic mass is 9.98. The van der Waals surface area contributed by atoms with Gasteiger partial charge in [0, 0.05) is 30.7 Å². The molecule has 1 aliphatic rings. The summed E-state index contributed by atoms with van der Waals surface area (Å²) < 4.78 is 5.49. The van der Waals surface area contributed by atoms with E-state index in [-0.39, 0.29) is 67.9 Å². The third-order valence-electron chi connectivity index (χ3n) is 6.29. The molecule has 186 valence electrons. The van der Waals surface area contributed by atoms with Gasteiger partial charge in [0.15, 0.2) is 11.6 Å². The molecule has 1 aliphatic carbocycles. The van der Waals surface area contributed by atoms with Crippen LogP contribution in [0.2, 0.25) is 0 Å². The number of hydrogen-bond acceptors (Lipinski definition) is 5. The molecule has 0 radical (unpaired) electrons. The Labute approximate surface area is 206 Å². The third kappa shape index (κ3) is 6.56. The molecule has 0 aliphatic heterocycles. The number of nitrogens with one attached hydrogen (secondary N) is 1. The van der Waals surface area contributed by atoms with Crippen LogP contribution in [0.1, 0.15) is 51.2 Å². The van der Waals surface area contributed by atoms with Crippen LogP contribution in [0.15, 0.2) is 48.5 Å². The molecular formula is C28H34N2O5. The summed E-state index contributed by atoms with van der Waals surface area (Å²) in [5, 5.41) is 2.61. The van der Waals surface area contributed by atoms with E-state index < -0.39 is 6.09 Å². The Hall–Kier alpha value is -3.48. The van der Waals surface area contributed by atoms with Gasteiger partial charge in [0.25, 0.3) is 0 Å². The maximum atomic E-state index is 12.7. The lowest BCUT2D eigenvalue weighted by Crippen LogP contribution is -2.42. The van der Waals surface area contributed by atoms with Crippen LogP contribution in [0.5, 0.6) is 0 Å². The molecule has 0 fully saturated rings. The second-order valence-electron chi connectivity index (χ2n) is 9.49. The molecule has 7 nitrogen and oxygen atoms in total. The van der Waals surface area contributed by atoms with E-state index in [1.165, 1.54) is 4.90 Å². The number of ether oxygens (including phenoxy) is 1. The summed E-state index contributed by atoms with van der Waals surface area (Å²) in [7, 11) is 0. The van der Waals surface area contributed by atoms with Crippen LogP contribution < -0.4 is 5.32 Å². The van der Waals surface area contributed by atoms with Gasteiger partial charge in [0.05, 0.1) is 13.1 Å². The summed E-state index contributed by atoms with van der Waals surface area (Å²) in [5.41, 5.74) is 4.54. The number of carbonyl (C=O) groups excluding carboxylic acids is 4. The summed E-state index contributed by atoms with van der Waals surface area (Å²) in [6.07, 6.45) is -0.635. The molecule has 0 saturated carbocycles. The quantitative estimate of drug-likeness (QED) is 0.523. The lowest BCUT2D eigenvalue weighted by molar-refractivity contribution is -0.139. The fourth-order valence-electron chi connectivity index (χ4n) is 4.05.